The average molecular weight is 385 g/mol. The number of halogens is 1. The van der Waals surface area contributed by atoms with E-state index < -0.39 is 11.4 Å². The molecule has 150 valence electrons. The highest BCUT2D eigenvalue weighted by Crippen LogP contribution is 2.36. The fourth-order valence-electron chi connectivity index (χ4n) is 3.60. The van der Waals surface area contributed by atoms with Gasteiger partial charge in [0.15, 0.2) is 17.5 Å². The maximum atomic E-state index is 14.0. The molecule has 3 N–H and O–H groups in total. The first-order chi connectivity index (χ1) is 13.5. The van der Waals surface area contributed by atoms with Crippen molar-refractivity contribution in [3.8, 4) is 5.75 Å². The van der Waals surface area contributed by atoms with Gasteiger partial charge >= 0.3 is 0 Å². The summed E-state index contributed by atoms with van der Waals surface area (Å²) in [6, 6.07) is 12.7. The van der Waals surface area contributed by atoms with Crippen LogP contribution < -0.4 is 15.4 Å². The normalized spacial score (nSPS) is 19.8. The third-order valence-corrected chi connectivity index (χ3v) is 5.20. The van der Waals surface area contributed by atoms with Gasteiger partial charge in [0.2, 0.25) is 0 Å². The van der Waals surface area contributed by atoms with Crippen LogP contribution >= 0.6 is 0 Å². The van der Waals surface area contributed by atoms with Gasteiger partial charge in [0, 0.05) is 6.54 Å². The van der Waals surface area contributed by atoms with E-state index in [0.717, 1.165) is 17.5 Å². The number of aryl methyl sites for hydroxylation is 1. The lowest BCUT2D eigenvalue weighted by atomic mass is 9.96. The third-order valence-electron chi connectivity index (χ3n) is 5.20. The number of hydrogen-bond acceptors (Lipinski definition) is 3. The van der Waals surface area contributed by atoms with Gasteiger partial charge in [0.25, 0.3) is 0 Å². The van der Waals surface area contributed by atoms with Crippen LogP contribution in [-0.4, -0.2) is 31.3 Å². The Morgan fingerprint density at radius 1 is 1.32 bits per heavy atom. The topological polar surface area (TPSA) is 65.9 Å². The molecule has 0 heterocycles. The summed E-state index contributed by atoms with van der Waals surface area (Å²) in [7, 11) is 1.45. The number of aliphatic imine (C=N–C) groups is 1. The third kappa shape index (κ3) is 4.28. The fraction of sp³-hybridized carbons (Fsp3) is 0.409. The Balaban J connectivity index is 1.73. The molecule has 2 unspecified atom stereocenters. The van der Waals surface area contributed by atoms with E-state index in [1.54, 1.807) is 6.07 Å². The number of hydrogen-bond donors (Lipinski definition) is 3. The maximum absolute atomic E-state index is 14.0. The highest BCUT2D eigenvalue weighted by Gasteiger charge is 2.36. The standard InChI is InChI=1S/C22H28FN3O2/c1-4-24-21(26-15(2)17-9-10-20(28-3)19(23)13-17)25-14-22(27)12-11-16-7-5-6-8-18(16)22/h5-10,13,15,27H,4,11-12,14H2,1-3H3,(H2,24,25,26). The molecule has 5 nitrogen and oxygen atoms in total. The molecule has 0 bridgehead atoms. The molecule has 0 radical (unpaired) electrons. The molecule has 2 aromatic rings. The van der Waals surface area contributed by atoms with E-state index >= 15 is 0 Å². The Bertz CT molecular complexity index is 855. The number of benzene rings is 2. The molecule has 1 aliphatic rings. The number of aliphatic hydroxyl groups is 1. The number of nitrogens with zero attached hydrogens (tertiary/aromatic N) is 1. The van der Waals surface area contributed by atoms with Gasteiger partial charge in [-0.25, -0.2) is 9.38 Å². The molecule has 0 aromatic heterocycles. The second kappa shape index (κ2) is 8.61. The van der Waals surface area contributed by atoms with Gasteiger partial charge in [0.1, 0.15) is 5.60 Å². The van der Waals surface area contributed by atoms with Crippen LogP contribution in [0.25, 0.3) is 0 Å². The minimum Gasteiger partial charge on any atom is -0.494 e. The summed E-state index contributed by atoms with van der Waals surface area (Å²) in [5.41, 5.74) is 1.97. The van der Waals surface area contributed by atoms with Crippen LogP contribution in [0.2, 0.25) is 0 Å². The van der Waals surface area contributed by atoms with Crippen molar-refractivity contribution in [2.24, 2.45) is 4.99 Å². The van der Waals surface area contributed by atoms with Crippen molar-refractivity contribution in [3.05, 3.63) is 65.0 Å². The molecular formula is C22H28FN3O2. The molecule has 2 aromatic carbocycles. The number of rotatable bonds is 6. The van der Waals surface area contributed by atoms with Gasteiger partial charge in [-0.1, -0.05) is 30.3 Å². The first-order valence-corrected chi connectivity index (χ1v) is 9.66. The van der Waals surface area contributed by atoms with Crippen LogP contribution in [0.4, 0.5) is 4.39 Å². The molecule has 0 spiro atoms. The second-order valence-corrected chi connectivity index (χ2v) is 7.14. The SMILES string of the molecule is CCNC(=NCC1(O)CCc2ccccc21)NC(C)c1ccc(OC)c(F)c1. The van der Waals surface area contributed by atoms with Crippen molar-refractivity contribution in [2.75, 3.05) is 20.2 Å². The lowest BCUT2D eigenvalue weighted by Gasteiger charge is -2.24. The van der Waals surface area contributed by atoms with Crippen LogP contribution in [0.1, 0.15) is 43.0 Å². The quantitative estimate of drug-likeness (QED) is 0.527. The second-order valence-electron chi connectivity index (χ2n) is 7.14. The first kappa shape index (κ1) is 20.1. The van der Waals surface area contributed by atoms with Crippen molar-refractivity contribution < 1.29 is 14.2 Å². The summed E-state index contributed by atoms with van der Waals surface area (Å²) >= 11 is 0. The summed E-state index contributed by atoms with van der Waals surface area (Å²) in [4.78, 5) is 4.61. The number of guanidine groups is 1. The highest BCUT2D eigenvalue weighted by atomic mass is 19.1. The predicted molar refractivity (Wildman–Crippen MR) is 109 cm³/mol. The number of nitrogens with one attached hydrogen (secondary N) is 2. The smallest absolute Gasteiger partial charge is 0.191 e. The van der Waals surface area contributed by atoms with E-state index in [1.165, 1.54) is 18.7 Å². The average Bonchev–Trinajstić information content (AvgIpc) is 3.04. The first-order valence-electron chi connectivity index (χ1n) is 9.66. The lowest BCUT2D eigenvalue weighted by molar-refractivity contribution is 0.0485. The van der Waals surface area contributed by atoms with E-state index in [4.69, 9.17) is 4.74 Å². The number of ether oxygens (including phenoxy) is 1. The van der Waals surface area contributed by atoms with Gasteiger partial charge in [0.05, 0.1) is 19.7 Å². The van der Waals surface area contributed by atoms with Crippen molar-refractivity contribution in [3.63, 3.8) is 0 Å². The Kier molecular flexibility index (Phi) is 6.19. The van der Waals surface area contributed by atoms with Crippen LogP contribution in [0.5, 0.6) is 5.75 Å². The van der Waals surface area contributed by atoms with E-state index in [-0.39, 0.29) is 18.3 Å². The highest BCUT2D eigenvalue weighted by molar-refractivity contribution is 5.80. The van der Waals surface area contributed by atoms with Crippen molar-refractivity contribution in [1.82, 2.24) is 10.6 Å². The zero-order valence-corrected chi connectivity index (χ0v) is 16.6. The molecule has 28 heavy (non-hydrogen) atoms. The molecule has 0 aliphatic heterocycles. The lowest BCUT2D eigenvalue weighted by Crippen LogP contribution is -2.40. The minimum atomic E-state index is -0.950. The van der Waals surface area contributed by atoms with Crippen LogP contribution in [0.15, 0.2) is 47.5 Å². The van der Waals surface area contributed by atoms with Crippen molar-refractivity contribution >= 4 is 5.96 Å². The minimum absolute atomic E-state index is 0.163. The number of fused-ring (bicyclic) bond motifs is 1. The Morgan fingerprint density at radius 3 is 2.82 bits per heavy atom. The zero-order valence-electron chi connectivity index (χ0n) is 16.6. The van der Waals surface area contributed by atoms with Gasteiger partial charge in [-0.15, -0.1) is 0 Å². The van der Waals surface area contributed by atoms with Gasteiger partial charge < -0.3 is 20.5 Å². The molecule has 0 saturated heterocycles. The van der Waals surface area contributed by atoms with Crippen LogP contribution in [0.3, 0.4) is 0 Å². The van der Waals surface area contributed by atoms with Gasteiger partial charge in [-0.2, -0.15) is 0 Å². The van der Waals surface area contributed by atoms with E-state index in [1.807, 2.05) is 38.1 Å². The predicted octanol–water partition coefficient (Wildman–Crippen LogP) is 3.28. The summed E-state index contributed by atoms with van der Waals surface area (Å²) in [6.45, 7) is 4.87. The molecule has 6 heteroatoms. The Labute approximate surface area is 165 Å². The summed E-state index contributed by atoms with van der Waals surface area (Å²) in [6.07, 6.45) is 1.52. The van der Waals surface area contributed by atoms with E-state index in [9.17, 15) is 9.50 Å². The molecular weight excluding hydrogens is 357 g/mol. The zero-order chi connectivity index (χ0) is 20.1. The molecule has 3 rings (SSSR count). The monoisotopic (exact) mass is 385 g/mol. The fourth-order valence-corrected chi connectivity index (χ4v) is 3.60. The van der Waals surface area contributed by atoms with Gasteiger partial charge in [-0.3, -0.25) is 0 Å². The number of methoxy groups -OCH3 is 1. The Morgan fingerprint density at radius 2 is 2.11 bits per heavy atom. The summed E-state index contributed by atoms with van der Waals surface area (Å²) < 4.78 is 19.0. The molecule has 2 atom stereocenters. The summed E-state index contributed by atoms with van der Waals surface area (Å²) in [5, 5.41) is 17.6. The Hall–Kier alpha value is -2.60. The van der Waals surface area contributed by atoms with Gasteiger partial charge in [-0.05, 0) is 55.5 Å². The molecule has 0 amide bonds. The van der Waals surface area contributed by atoms with Crippen LogP contribution in [0, 0.1) is 5.82 Å². The van der Waals surface area contributed by atoms with Crippen molar-refractivity contribution in [1.29, 1.82) is 0 Å². The molecule has 0 fully saturated rings. The molecule has 1 aliphatic carbocycles. The van der Waals surface area contributed by atoms with E-state index in [0.29, 0.717) is 18.9 Å². The van der Waals surface area contributed by atoms with Crippen LogP contribution in [-0.2, 0) is 12.0 Å². The summed E-state index contributed by atoms with van der Waals surface area (Å²) in [5.74, 6) is 0.412. The molecule has 0 saturated carbocycles. The maximum Gasteiger partial charge on any atom is 0.191 e. The van der Waals surface area contributed by atoms with E-state index in [2.05, 4.69) is 21.7 Å². The largest absolute Gasteiger partial charge is 0.494 e. The van der Waals surface area contributed by atoms with Crippen molar-refractivity contribution in [2.45, 2.75) is 38.3 Å².